The molecule has 5 heteroatoms. The Kier molecular flexibility index (Phi) is 3.30. The molecule has 0 aromatic heterocycles. The van der Waals surface area contributed by atoms with Crippen molar-refractivity contribution in [2.24, 2.45) is 0 Å². The lowest BCUT2D eigenvalue weighted by molar-refractivity contribution is -0.153. The second kappa shape index (κ2) is 4.98. The maximum absolute atomic E-state index is 11.6. The van der Waals surface area contributed by atoms with E-state index in [0.29, 0.717) is 6.42 Å². The van der Waals surface area contributed by atoms with E-state index in [1.807, 2.05) is 18.2 Å². The summed E-state index contributed by atoms with van der Waals surface area (Å²) in [5.74, 6) is 0.934. The molecule has 1 heterocycles. The standard InChI is InChI=1S/C15H18O5/c1-2-18-14(17)11(16)8-15(6-7-15)10-4-3-5-12-13(10)20-9-19-12/h3-5,11,16H,2,6-9H2,1H3. The van der Waals surface area contributed by atoms with Gasteiger partial charge < -0.3 is 19.3 Å². The molecule has 0 bridgehead atoms. The highest BCUT2D eigenvalue weighted by atomic mass is 16.7. The van der Waals surface area contributed by atoms with Crippen LogP contribution in [0.4, 0.5) is 0 Å². The first kappa shape index (κ1) is 13.2. The fraction of sp³-hybridized carbons (Fsp3) is 0.533. The number of carbonyl (C=O) groups excluding carboxylic acids is 1. The van der Waals surface area contributed by atoms with Crippen LogP contribution < -0.4 is 9.47 Å². The van der Waals surface area contributed by atoms with Gasteiger partial charge in [-0.1, -0.05) is 12.1 Å². The fourth-order valence-corrected chi connectivity index (χ4v) is 2.77. The van der Waals surface area contributed by atoms with Gasteiger partial charge in [-0.2, -0.15) is 0 Å². The maximum Gasteiger partial charge on any atom is 0.334 e. The van der Waals surface area contributed by atoms with Gasteiger partial charge in [-0.15, -0.1) is 0 Å². The molecule has 1 aromatic carbocycles. The molecule has 0 radical (unpaired) electrons. The summed E-state index contributed by atoms with van der Waals surface area (Å²) in [5.41, 5.74) is 0.835. The molecule has 1 fully saturated rings. The number of benzene rings is 1. The van der Waals surface area contributed by atoms with Crippen molar-refractivity contribution in [2.75, 3.05) is 13.4 Å². The van der Waals surface area contributed by atoms with Gasteiger partial charge in [0.15, 0.2) is 17.6 Å². The monoisotopic (exact) mass is 278 g/mol. The van der Waals surface area contributed by atoms with Crippen molar-refractivity contribution in [3.05, 3.63) is 23.8 Å². The van der Waals surface area contributed by atoms with Gasteiger partial charge in [-0.05, 0) is 32.3 Å². The molecule has 1 saturated carbocycles. The molecule has 108 valence electrons. The SMILES string of the molecule is CCOC(=O)C(O)CC1(c2cccc3c2OCO3)CC1. The molecule has 1 aliphatic carbocycles. The first-order chi connectivity index (χ1) is 9.66. The first-order valence-electron chi connectivity index (χ1n) is 6.90. The molecule has 0 spiro atoms. The van der Waals surface area contributed by atoms with Gasteiger partial charge >= 0.3 is 5.97 Å². The van der Waals surface area contributed by atoms with Crippen LogP contribution in [0.3, 0.4) is 0 Å². The summed E-state index contributed by atoms with van der Waals surface area (Å²) in [5, 5.41) is 9.99. The van der Waals surface area contributed by atoms with E-state index in [2.05, 4.69) is 0 Å². The van der Waals surface area contributed by atoms with Crippen molar-refractivity contribution in [3.63, 3.8) is 0 Å². The van der Waals surface area contributed by atoms with Crippen molar-refractivity contribution in [3.8, 4) is 11.5 Å². The minimum Gasteiger partial charge on any atom is -0.464 e. The molecular formula is C15H18O5. The topological polar surface area (TPSA) is 65.0 Å². The van der Waals surface area contributed by atoms with E-state index in [1.165, 1.54) is 0 Å². The molecule has 20 heavy (non-hydrogen) atoms. The van der Waals surface area contributed by atoms with Crippen LogP contribution in [0, 0.1) is 0 Å². The Morgan fingerprint density at radius 2 is 2.25 bits per heavy atom. The normalized spacial score (nSPS) is 19.5. The lowest BCUT2D eigenvalue weighted by Crippen LogP contribution is -2.28. The number of rotatable bonds is 5. The highest BCUT2D eigenvalue weighted by Crippen LogP contribution is 2.56. The van der Waals surface area contributed by atoms with Crippen molar-refractivity contribution >= 4 is 5.97 Å². The molecule has 1 atom stereocenters. The predicted molar refractivity (Wildman–Crippen MR) is 70.7 cm³/mol. The van der Waals surface area contributed by atoms with Gasteiger partial charge in [-0.25, -0.2) is 4.79 Å². The lowest BCUT2D eigenvalue weighted by Gasteiger charge is -2.20. The zero-order valence-corrected chi connectivity index (χ0v) is 11.4. The number of carbonyl (C=O) groups is 1. The summed E-state index contributed by atoms with van der Waals surface area (Å²) < 4.78 is 15.8. The lowest BCUT2D eigenvalue weighted by atomic mass is 9.89. The summed E-state index contributed by atoms with van der Waals surface area (Å²) in [6.45, 7) is 2.23. The Morgan fingerprint density at radius 3 is 2.95 bits per heavy atom. The number of para-hydroxylation sites is 1. The third-order valence-corrected chi connectivity index (χ3v) is 3.96. The number of hydrogen-bond donors (Lipinski definition) is 1. The molecule has 3 rings (SSSR count). The zero-order chi connectivity index (χ0) is 14.2. The fourth-order valence-electron chi connectivity index (χ4n) is 2.77. The zero-order valence-electron chi connectivity index (χ0n) is 11.4. The van der Waals surface area contributed by atoms with Crippen LogP contribution in [0.5, 0.6) is 11.5 Å². The van der Waals surface area contributed by atoms with Gasteiger partial charge in [0, 0.05) is 11.0 Å². The second-order valence-corrected chi connectivity index (χ2v) is 5.29. The molecule has 2 aliphatic rings. The maximum atomic E-state index is 11.6. The smallest absolute Gasteiger partial charge is 0.334 e. The van der Waals surface area contributed by atoms with E-state index in [4.69, 9.17) is 14.2 Å². The van der Waals surface area contributed by atoms with Gasteiger partial charge in [0.05, 0.1) is 6.61 Å². The first-order valence-corrected chi connectivity index (χ1v) is 6.90. The van der Waals surface area contributed by atoms with Crippen LogP contribution in [0.1, 0.15) is 31.7 Å². The molecule has 5 nitrogen and oxygen atoms in total. The number of ether oxygens (including phenoxy) is 3. The van der Waals surface area contributed by atoms with Gasteiger partial charge in [0.1, 0.15) is 0 Å². The quantitative estimate of drug-likeness (QED) is 0.831. The van der Waals surface area contributed by atoms with E-state index < -0.39 is 12.1 Å². The highest BCUT2D eigenvalue weighted by Gasteiger charge is 2.49. The molecule has 0 amide bonds. The Bertz CT molecular complexity index is 521. The molecule has 1 aromatic rings. The van der Waals surface area contributed by atoms with E-state index in [0.717, 1.165) is 29.9 Å². The molecule has 1 aliphatic heterocycles. The molecule has 1 N–H and O–H groups in total. The van der Waals surface area contributed by atoms with Crippen molar-refractivity contribution in [2.45, 2.75) is 37.7 Å². The Hall–Kier alpha value is -1.75. The average Bonchev–Trinajstić information content (AvgIpc) is 3.05. The van der Waals surface area contributed by atoms with E-state index in [-0.39, 0.29) is 18.8 Å². The summed E-state index contributed by atoms with van der Waals surface area (Å²) in [4.78, 5) is 11.6. The summed E-state index contributed by atoms with van der Waals surface area (Å²) in [6.07, 6.45) is 1.15. The van der Waals surface area contributed by atoms with E-state index >= 15 is 0 Å². The molecule has 0 saturated heterocycles. The second-order valence-electron chi connectivity index (χ2n) is 5.29. The van der Waals surface area contributed by atoms with Crippen molar-refractivity contribution in [1.82, 2.24) is 0 Å². The average molecular weight is 278 g/mol. The summed E-state index contributed by atoms with van der Waals surface area (Å²) in [6, 6.07) is 5.77. The molecular weight excluding hydrogens is 260 g/mol. The van der Waals surface area contributed by atoms with Gasteiger partial charge in [0.25, 0.3) is 0 Å². The van der Waals surface area contributed by atoms with Crippen LogP contribution in [0.25, 0.3) is 0 Å². The number of fused-ring (bicyclic) bond motifs is 1. The number of aliphatic hydroxyl groups is 1. The number of hydrogen-bond acceptors (Lipinski definition) is 5. The van der Waals surface area contributed by atoms with Gasteiger partial charge in [-0.3, -0.25) is 0 Å². The molecule has 1 unspecified atom stereocenters. The Morgan fingerprint density at radius 1 is 1.45 bits per heavy atom. The minimum atomic E-state index is -1.09. The summed E-state index contributed by atoms with van der Waals surface area (Å²) in [7, 11) is 0. The van der Waals surface area contributed by atoms with Crippen molar-refractivity contribution in [1.29, 1.82) is 0 Å². The largest absolute Gasteiger partial charge is 0.464 e. The Labute approximate surface area is 117 Å². The Balaban J connectivity index is 1.80. The van der Waals surface area contributed by atoms with Crippen LogP contribution in [0.15, 0.2) is 18.2 Å². The third-order valence-electron chi connectivity index (χ3n) is 3.96. The summed E-state index contributed by atoms with van der Waals surface area (Å²) >= 11 is 0. The van der Waals surface area contributed by atoms with E-state index in [9.17, 15) is 9.90 Å². The minimum absolute atomic E-state index is 0.189. The van der Waals surface area contributed by atoms with Crippen LogP contribution in [-0.4, -0.2) is 30.6 Å². The van der Waals surface area contributed by atoms with E-state index in [1.54, 1.807) is 6.92 Å². The highest BCUT2D eigenvalue weighted by molar-refractivity contribution is 5.74. The number of aliphatic hydroxyl groups excluding tert-OH is 1. The third kappa shape index (κ3) is 2.22. The number of esters is 1. The van der Waals surface area contributed by atoms with Crippen LogP contribution in [0.2, 0.25) is 0 Å². The van der Waals surface area contributed by atoms with Crippen LogP contribution in [-0.2, 0) is 14.9 Å². The van der Waals surface area contributed by atoms with Crippen molar-refractivity contribution < 1.29 is 24.1 Å². The predicted octanol–water partition coefficient (Wildman–Crippen LogP) is 1.76. The van der Waals surface area contributed by atoms with Gasteiger partial charge in [0.2, 0.25) is 6.79 Å². The van der Waals surface area contributed by atoms with Crippen LogP contribution >= 0.6 is 0 Å².